The van der Waals surface area contributed by atoms with Gasteiger partial charge in [-0.3, -0.25) is 13.9 Å². The normalized spacial score (nSPS) is 17.2. The first-order valence-corrected chi connectivity index (χ1v) is 15.9. The number of fused-ring (bicyclic) bond motifs is 2. The van der Waals surface area contributed by atoms with Crippen LogP contribution in [0.5, 0.6) is 11.6 Å². The summed E-state index contributed by atoms with van der Waals surface area (Å²) in [6.45, 7) is 6.02. The zero-order chi connectivity index (χ0) is 33.9. The number of aliphatic hydroxyl groups is 2. The maximum absolute atomic E-state index is 16.2. The molecular formula is C29H37F2N6O8P. The molecular weight excluding hydrogens is 629 g/mol. The molecule has 5 unspecified atom stereocenters. The number of alkyl halides is 2. The number of aromatic nitrogens is 4. The van der Waals surface area contributed by atoms with Gasteiger partial charge in [0.2, 0.25) is 17.6 Å². The van der Waals surface area contributed by atoms with Crippen molar-refractivity contribution in [1.29, 1.82) is 0 Å². The van der Waals surface area contributed by atoms with Crippen LogP contribution in [0.2, 0.25) is 0 Å². The fourth-order valence-corrected chi connectivity index (χ4v) is 5.92. The smallest absolute Gasteiger partial charge is 0.459 e. The van der Waals surface area contributed by atoms with Crippen molar-refractivity contribution in [2.24, 2.45) is 5.92 Å². The number of carbonyl (C=O) groups is 1. The van der Waals surface area contributed by atoms with Crippen molar-refractivity contribution in [3.8, 4) is 11.6 Å². The molecule has 0 amide bonds. The van der Waals surface area contributed by atoms with Gasteiger partial charge in [-0.2, -0.15) is 15.1 Å². The fraction of sp³-hybridized carbons (Fsp3) is 0.448. The van der Waals surface area contributed by atoms with Crippen molar-refractivity contribution in [3.05, 3.63) is 48.8 Å². The molecule has 0 aliphatic carbocycles. The number of aliphatic hydroxyl groups excluding tert-OH is 1. The second-order valence-corrected chi connectivity index (χ2v) is 12.8. The van der Waals surface area contributed by atoms with E-state index < -0.39 is 44.1 Å². The van der Waals surface area contributed by atoms with Crippen LogP contribution in [-0.4, -0.2) is 73.5 Å². The molecule has 4 rings (SSSR count). The molecule has 46 heavy (non-hydrogen) atoms. The summed E-state index contributed by atoms with van der Waals surface area (Å²) < 4.78 is 68.2. The van der Waals surface area contributed by atoms with Crippen LogP contribution in [0.1, 0.15) is 34.6 Å². The first-order valence-electron chi connectivity index (χ1n) is 14.4. The molecule has 2 heterocycles. The lowest BCUT2D eigenvalue weighted by molar-refractivity contribution is -0.240. The number of imidazole rings is 1. The van der Waals surface area contributed by atoms with E-state index >= 15 is 8.78 Å². The van der Waals surface area contributed by atoms with Crippen LogP contribution >= 0.6 is 7.75 Å². The van der Waals surface area contributed by atoms with Crippen LogP contribution in [-0.2, 0) is 24.4 Å². The molecule has 0 saturated carbocycles. The third kappa shape index (κ3) is 7.70. The number of rotatable bonds is 15. The molecule has 250 valence electrons. The van der Waals surface area contributed by atoms with Gasteiger partial charge >= 0.3 is 13.7 Å². The summed E-state index contributed by atoms with van der Waals surface area (Å²) in [4.78, 5) is 24.4. The highest BCUT2D eigenvalue weighted by molar-refractivity contribution is 7.52. The molecule has 2 aromatic carbocycles. The number of ether oxygens (including phenoxy) is 2. The summed E-state index contributed by atoms with van der Waals surface area (Å²) in [7, 11) is -4.77. The van der Waals surface area contributed by atoms with Crippen molar-refractivity contribution in [1.82, 2.24) is 24.6 Å². The highest BCUT2D eigenvalue weighted by Crippen LogP contribution is 2.48. The van der Waals surface area contributed by atoms with Crippen LogP contribution in [0.15, 0.2) is 48.8 Å². The van der Waals surface area contributed by atoms with E-state index in [2.05, 4.69) is 20.0 Å². The predicted molar refractivity (Wildman–Crippen MR) is 164 cm³/mol. The number of hydrogen-bond donors (Lipinski definition) is 4. The largest absolute Gasteiger partial charge is 0.476 e. The summed E-state index contributed by atoms with van der Waals surface area (Å²) in [6, 6.07) is 10.4. The molecule has 0 fully saturated rings. The third-order valence-electron chi connectivity index (χ3n) is 6.72. The molecule has 14 nitrogen and oxygen atoms in total. The highest BCUT2D eigenvalue weighted by Gasteiger charge is 2.52. The third-order valence-corrected chi connectivity index (χ3v) is 8.33. The number of halogens is 2. The molecule has 0 aliphatic rings. The molecule has 0 spiro atoms. The maximum atomic E-state index is 16.2. The van der Waals surface area contributed by atoms with Crippen molar-refractivity contribution in [2.75, 3.05) is 25.6 Å². The number of carbonyl (C=O) groups excluding carboxylic acids is 1. The van der Waals surface area contributed by atoms with Crippen LogP contribution in [0.25, 0.3) is 21.9 Å². The number of nitrogen functional groups attached to an aromatic ring is 1. The zero-order valence-electron chi connectivity index (χ0n) is 25.9. The van der Waals surface area contributed by atoms with Gasteiger partial charge in [0, 0.05) is 5.39 Å². The minimum Gasteiger partial charge on any atom is -0.476 e. The van der Waals surface area contributed by atoms with E-state index in [1.807, 2.05) is 13.8 Å². The Morgan fingerprint density at radius 2 is 1.85 bits per heavy atom. The minimum atomic E-state index is -4.77. The van der Waals surface area contributed by atoms with E-state index in [0.717, 1.165) is 13.3 Å². The average Bonchev–Trinajstić information content (AvgIpc) is 3.44. The predicted octanol–water partition coefficient (Wildman–Crippen LogP) is 4.00. The Bertz CT molecular complexity index is 1730. The van der Waals surface area contributed by atoms with Crippen LogP contribution in [0, 0.1) is 5.92 Å². The molecule has 2 aromatic heterocycles. The molecule has 17 heteroatoms. The van der Waals surface area contributed by atoms with Crippen LogP contribution in [0.4, 0.5) is 14.7 Å². The van der Waals surface area contributed by atoms with Gasteiger partial charge in [-0.15, -0.1) is 0 Å². The Morgan fingerprint density at radius 1 is 1.15 bits per heavy atom. The summed E-state index contributed by atoms with van der Waals surface area (Å²) in [6.07, 6.45) is -1.99. The Kier molecular flexibility index (Phi) is 10.5. The van der Waals surface area contributed by atoms with Crippen LogP contribution in [0.3, 0.4) is 0 Å². The monoisotopic (exact) mass is 666 g/mol. The summed E-state index contributed by atoms with van der Waals surface area (Å²) >= 11 is 0. The fourth-order valence-electron chi connectivity index (χ4n) is 4.40. The number of anilines is 1. The number of hydrogen-bond acceptors (Lipinski definition) is 12. The minimum absolute atomic E-state index is 0.00506. The topological polar surface area (TPSA) is 193 Å². The molecule has 4 aromatic rings. The number of nitrogens with one attached hydrogen (secondary N) is 1. The van der Waals surface area contributed by atoms with E-state index in [-0.39, 0.29) is 47.9 Å². The summed E-state index contributed by atoms with van der Waals surface area (Å²) in [5.74, 6) is -8.22. The van der Waals surface area contributed by atoms with Gasteiger partial charge in [0.05, 0.1) is 19.5 Å². The summed E-state index contributed by atoms with van der Waals surface area (Å²) in [5, 5.41) is 25.1. The van der Waals surface area contributed by atoms with Gasteiger partial charge in [0.1, 0.15) is 18.4 Å². The van der Waals surface area contributed by atoms with E-state index in [9.17, 15) is 19.6 Å². The second-order valence-electron chi connectivity index (χ2n) is 11.1. The number of benzene rings is 2. The van der Waals surface area contributed by atoms with Gasteiger partial charge < -0.3 is 29.9 Å². The molecule has 0 aliphatic heterocycles. The molecule has 5 atom stereocenters. The van der Waals surface area contributed by atoms with Crippen molar-refractivity contribution in [3.63, 3.8) is 0 Å². The van der Waals surface area contributed by atoms with Crippen LogP contribution < -0.4 is 20.1 Å². The Balaban J connectivity index is 1.62. The first kappa shape index (κ1) is 34.9. The molecule has 0 saturated heterocycles. The van der Waals surface area contributed by atoms with Crippen molar-refractivity contribution >= 4 is 41.6 Å². The highest BCUT2D eigenvalue weighted by atomic mass is 31.2. The Hall–Kier alpha value is -3.95. The number of nitrogens with two attached hydrogens (primary N) is 1. The van der Waals surface area contributed by atoms with Gasteiger partial charge in [0.15, 0.2) is 17.3 Å². The van der Waals surface area contributed by atoms with E-state index in [1.165, 1.54) is 13.0 Å². The van der Waals surface area contributed by atoms with Gasteiger partial charge in [-0.1, -0.05) is 50.2 Å². The van der Waals surface area contributed by atoms with E-state index in [0.29, 0.717) is 15.3 Å². The quantitative estimate of drug-likeness (QED) is 0.105. The van der Waals surface area contributed by atoms with Crippen molar-refractivity contribution < 1.29 is 46.9 Å². The van der Waals surface area contributed by atoms with Crippen molar-refractivity contribution in [2.45, 2.75) is 58.4 Å². The van der Waals surface area contributed by atoms with E-state index in [1.54, 1.807) is 43.3 Å². The zero-order valence-corrected chi connectivity index (χ0v) is 26.8. The second kappa shape index (κ2) is 13.8. The maximum Gasteiger partial charge on any atom is 0.459 e. The Morgan fingerprint density at radius 3 is 2.54 bits per heavy atom. The van der Waals surface area contributed by atoms with Gasteiger partial charge in [-0.05, 0) is 38.1 Å². The first-order chi connectivity index (χ1) is 21.6. The standard InChI is InChI=1S/C29H37F2N6O8P/c1-6-42-24-22-23(34-27(32)35-24)37(16-33-22)28(5,30)26(39)29(31,40)15-44-46(41,36-18(4)25(38)43-14-17(2)3)45-21-13-9-11-19-10-7-8-12-20(19)21/h7-13,16-18,26,39-40H,6,14-15H2,1-5H3,(H,36,41)(H2,32,34,35). The molecule has 5 N–H and O–H groups in total. The SMILES string of the molecule is CCOc1nc(N)nc2c1ncn2C(C)(F)C(O)C(O)(F)COP(=O)(NC(C)C(=O)OCC(C)C)Oc1cccc2ccccc12. The lowest BCUT2D eigenvalue weighted by atomic mass is 10.0. The molecule has 0 bridgehead atoms. The average molecular weight is 667 g/mol. The van der Waals surface area contributed by atoms with Gasteiger partial charge in [0.25, 0.3) is 5.85 Å². The van der Waals surface area contributed by atoms with Gasteiger partial charge in [-0.25, -0.2) is 18.3 Å². The number of nitrogens with zero attached hydrogens (tertiary/aromatic N) is 4. The molecule has 0 radical (unpaired) electrons. The number of esters is 1. The summed E-state index contributed by atoms with van der Waals surface area (Å²) in [5.41, 5.74) is 5.41. The Labute approximate surface area is 263 Å². The lowest BCUT2D eigenvalue weighted by Crippen LogP contribution is -2.54. The van der Waals surface area contributed by atoms with E-state index in [4.69, 9.17) is 24.3 Å². The lowest BCUT2D eigenvalue weighted by Gasteiger charge is -2.35.